The number of methoxy groups -OCH3 is 2. The molecule has 1 spiro atoms. The molecular weight excluding hydrogens is 612 g/mol. The normalized spacial score (nSPS) is 27.3. The van der Waals surface area contributed by atoms with Gasteiger partial charge in [-0.3, -0.25) is 9.59 Å². The quantitative estimate of drug-likeness (QED) is 0.0884. The molecule has 1 aromatic carbocycles. The van der Waals surface area contributed by atoms with Crippen LogP contribution in [0.3, 0.4) is 0 Å². The minimum Gasteiger partial charge on any atom is -0.469 e. The van der Waals surface area contributed by atoms with E-state index < -0.39 is 41.5 Å². The van der Waals surface area contributed by atoms with Crippen LogP contribution in [0.5, 0.6) is 0 Å². The third-order valence-corrected chi connectivity index (χ3v) is 9.24. The molecule has 1 unspecified atom stereocenters. The number of carbonyl (C=O) groups excluding carboxylic acids is 3. The number of benzene rings is 1. The van der Waals surface area contributed by atoms with E-state index in [1.54, 1.807) is 19.1 Å². The zero-order valence-electron chi connectivity index (χ0n) is 29.4. The van der Waals surface area contributed by atoms with Gasteiger partial charge in [-0.15, -0.1) is 0 Å². The molecule has 2 aliphatic heterocycles. The van der Waals surface area contributed by atoms with Crippen molar-refractivity contribution in [1.82, 2.24) is 0 Å². The van der Waals surface area contributed by atoms with Crippen LogP contribution in [0, 0.1) is 5.92 Å². The van der Waals surface area contributed by atoms with Crippen molar-refractivity contribution in [3.63, 3.8) is 0 Å². The highest BCUT2D eigenvalue weighted by molar-refractivity contribution is 5.83. The van der Waals surface area contributed by atoms with E-state index in [1.165, 1.54) is 20.3 Å². The fourth-order valence-corrected chi connectivity index (χ4v) is 6.19. The maximum Gasteiger partial charge on any atom is 0.330 e. The van der Waals surface area contributed by atoms with E-state index in [-0.39, 0.29) is 18.9 Å². The molecule has 0 saturated carbocycles. The second kappa shape index (κ2) is 18.9. The molecule has 0 bridgehead atoms. The molecule has 2 heterocycles. The van der Waals surface area contributed by atoms with Crippen molar-refractivity contribution in [1.29, 1.82) is 0 Å². The van der Waals surface area contributed by atoms with Gasteiger partial charge in [0.2, 0.25) is 0 Å². The number of aliphatic hydroxyl groups excluding tert-OH is 1. The summed E-state index contributed by atoms with van der Waals surface area (Å²) in [5.74, 6) is -2.01. The number of unbranched alkanes of at least 4 members (excludes halogenated alkanes) is 1. The summed E-state index contributed by atoms with van der Waals surface area (Å²) in [4.78, 5) is 36.7. The Morgan fingerprint density at radius 3 is 2.40 bits per heavy atom. The summed E-state index contributed by atoms with van der Waals surface area (Å²) < 4.78 is 29.4. The summed E-state index contributed by atoms with van der Waals surface area (Å²) in [5.41, 5.74) is 1.55. The molecule has 2 aliphatic rings. The average Bonchev–Trinajstić information content (AvgIpc) is 3.09. The Bertz CT molecular complexity index is 1330. The maximum absolute atomic E-state index is 13.1. The number of allylic oxidation sites excluding steroid dienone is 4. The molecule has 1 N–H and O–H groups in total. The highest BCUT2D eigenvalue weighted by atomic mass is 16.7. The van der Waals surface area contributed by atoms with Gasteiger partial charge in [0.25, 0.3) is 0 Å². The Morgan fingerprint density at radius 1 is 0.979 bits per heavy atom. The zero-order chi connectivity index (χ0) is 35.2. The molecule has 6 atom stereocenters. The molecule has 48 heavy (non-hydrogen) atoms. The lowest BCUT2D eigenvalue weighted by Gasteiger charge is -2.53. The Labute approximate surface area is 286 Å². The number of esters is 3. The van der Waals surface area contributed by atoms with Gasteiger partial charge in [-0.25, -0.2) is 4.79 Å². The molecule has 3 rings (SSSR count). The minimum absolute atomic E-state index is 0.0680. The van der Waals surface area contributed by atoms with E-state index in [0.29, 0.717) is 43.6 Å². The fourth-order valence-electron chi connectivity index (χ4n) is 6.19. The van der Waals surface area contributed by atoms with Crippen LogP contribution in [0.2, 0.25) is 0 Å². The molecule has 0 aromatic heterocycles. The number of rotatable bonds is 15. The van der Waals surface area contributed by atoms with Gasteiger partial charge >= 0.3 is 17.9 Å². The Hall–Kier alpha value is -3.53. The van der Waals surface area contributed by atoms with Gasteiger partial charge in [0, 0.05) is 18.9 Å². The summed E-state index contributed by atoms with van der Waals surface area (Å²) in [6.07, 6.45) is 14.9. The SMILES string of the molecule is CCCC[C@@]1(OC(=O)CCC(=O)OC)CC[C@]2(CC[C@H](C)[C@@H](CC=C(C)C=CC(O)c3ccccc3)O2)O[C@H]1C=CC(C)=CC(=O)OC. The van der Waals surface area contributed by atoms with Crippen molar-refractivity contribution in [2.75, 3.05) is 14.2 Å². The Kier molecular flexibility index (Phi) is 15.3. The van der Waals surface area contributed by atoms with Crippen LogP contribution in [0.1, 0.15) is 104 Å². The highest BCUT2D eigenvalue weighted by Gasteiger charge is 2.54. The van der Waals surface area contributed by atoms with Gasteiger partial charge in [0.15, 0.2) is 5.79 Å². The number of hydrogen-bond acceptors (Lipinski definition) is 9. The van der Waals surface area contributed by atoms with Crippen molar-refractivity contribution in [3.8, 4) is 0 Å². The van der Waals surface area contributed by atoms with Crippen molar-refractivity contribution in [2.24, 2.45) is 5.92 Å². The first-order valence-corrected chi connectivity index (χ1v) is 17.1. The molecule has 0 amide bonds. The topological polar surface area (TPSA) is 118 Å². The van der Waals surface area contributed by atoms with E-state index >= 15 is 0 Å². The lowest BCUT2D eigenvalue weighted by atomic mass is 9.78. The lowest BCUT2D eigenvalue weighted by molar-refractivity contribution is -0.344. The van der Waals surface area contributed by atoms with Gasteiger partial charge in [-0.1, -0.05) is 86.6 Å². The van der Waals surface area contributed by atoms with Gasteiger partial charge in [-0.2, -0.15) is 0 Å². The smallest absolute Gasteiger partial charge is 0.330 e. The third kappa shape index (κ3) is 11.6. The van der Waals surface area contributed by atoms with Crippen molar-refractivity contribution < 1.29 is 43.2 Å². The predicted molar refractivity (Wildman–Crippen MR) is 184 cm³/mol. The number of ether oxygens (including phenoxy) is 5. The molecule has 0 aliphatic carbocycles. The van der Waals surface area contributed by atoms with E-state index in [4.69, 9.17) is 23.7 Å². The maximum atomic E-state index is 13.1. The first-order valence-electron chi connectivity index (χ1n) is 17.1. The average molecular weight is 667 g/mol. The molecule has 1 aromatic rings. The van der Waals surface area contributed by atoms with Gasteiger partial charge in [-0.05, 0) is 63.0 Å². The summed E-state index contributed by atoms with van der Waals surface area (Å²) in [6, 6.07) is 9.53. The molecule has 264 valence electrons. The van der Waals surface area contributed by atoms with E-state index in [9.17, 15) is 19.5 Å². The van der Waals surface area contributed by atoms with Crippen molar-refractivity contribution in [3.05, 3.63) is 83.5 Å². The van der Waals surface area contributed by atoms with Gasteiger partial charge in [0.05, 0.1) is 39.3 Å². The third-order valence-electron chi connectivity index (χ3n) is 9.24. The summed E-state index contributed by atoms with van der Waals surface area (Å²) in [5, 5.41) is 10.5. The summed E-state index contributed by atoms with van der Waals surface area (Å²) in [6.45, 7) is 8.07. The first kappa shape index (κ1) is 38.9. The van der Waals surface area contributed by atoms with E-state index in [1.807, 2.05) is 49.4 Å². The molecule has 9 heteroatoms. The number of aliphatic hydroxyl groups is 1. The Morgan fingerprint density at radius 2 is 1.71 bits per heavy atom. The van der Waals surface area contributed by atoms with Crippen LogP contribution >= 0.6 is 0 Å². The van der Waals surface area contributed by atoms with Crippen LogP contribution in [0.15, 0.2) is 77.9 Å². The number of carbonyl (C=O) groups is 3. The van der Waals surface area contributed by atoms with Gasteiger partial charge < -0.3 is 28.8 Å². The molecule has 2 saturated heterocycles. The molecule has 9 nitrogen and oxygen atoms in total. The van der Waals surface area contributed by atoms with Crippen LogP contribution in [-0.2, 0) is 38.1 Å². The first-order chi connectivity index (χ1) is 22.9. The largest absolute Gasteiger partial charge is 0.469 e. The van der Waals surface area contributed by atoms with Crippen LogP contribution in [-0.4, -0.2) is 60.8 Å². The molecular formula is C39H54O9. The van der Waals surface area contributed by atoms with E-state index in [0.717, 1.165) is 30.4 Å². The highest BCUT2D eigenvalue weighted by Crippen LogP contribution is 2.48. The van der Waals surface area contributed by atoms with Crippen molar-refractivity contribution in [2.45, 2.75) is 122 Å². The molecule has 2 fully saturated rings. The standard InChI is InChI=1S/C39H54O9/c1-7-8-23-38(48-36(42)21-20-35(41)44-5)25-26-39(47-34(38)19-16-29(3)27-37(43)45-6)24-22-30(4)33(46-39)18-15-28(2)14-17-32(40)31-12-10-9-11-13-31/h9-17,19,27,30,32-34,40H,7-8,18,20-26H2,1-6H3/t30-,32?,33+,34-,38+,39-/m0/s1. The fraction of sp³-hybridized carbons (Fsp3) is 0.564. The number of hydrogen-bond donors (Lipinski definition) is 1. The summed E-state index contributed by atoms with van der Waals surface area (Å²) in [7, 11) is 2.62. The molecule has 0 radical (unpaired) electrons. The second-order valence-electron chi connectivity index (χ2n) is 13.0. The monoisotopic (exact) mass is 666 g/mol. The zero-order valence-corrected chi connectivity index (χ0v) is 29.4. The predicted octanol–water partition coefficient (Wildman–Crippen LogP) is 7.40. The Balaban J connectivity index is 1.84. The minimum atomic E-state index is -0.973. The van der Waals surface area contributed by atoms with Crippen LogP contribution < -0.4 is 0 Å². The lowest BCUT2D eigenvalue weighted by Crippen LogP contribution is -2.59. The summed E-state index contributed by atoms with van der Waals surface area (Å²) >= 11 is 0. The van der Waals surface area contributed by atoms with Gasteiger partial charge in [0.1, 0.15) is 11.7 Å². The van der Waals surface area contributed by atoms with Crippen LogP contribution in [0.25, 0.3) is 0 Å². The van der Waals surface area contributed by atoms with E-state index in [2.05, 4.69) is 19.9 Å². The van der Waals surface area contributed by atoms with Crippen molar-refractivity contribution >= 4 is 17.9 Å². The second-order valence-corrected chi connectivity index (χ2v) is 13.0. The van der Waals surface area contributed by atoms with Crippen LogP contribution in [0.4, 0.5) is 0 Å².